The van der Waals surface area contributed by atoms with Crippen molar-refractivity contribution in [1.29, 1.82) is 0 Å². The number of rotatable bonds is 12. The minimum atomic E-state index is -1.02. The van der Waals surface area contributed by atoms with Gasteiger partial charge in [-0.15, -0.1) is 0 Å². The van der Waals surface area contributed by atoms with E-state index in [1.54, 1.807) is 0 Å². The number of hydrogen-bond donors (Lipinski definition) is 4. The van der Waals surface area contributed by atoms with Crippen LogP contribution in [0.4, 0.5) is 0 Å². The van der Waals surface area contributed by atoms with Crippen LogP contribution in [0.5, 0.6) is 0 Å². The lowest BCUT2D eigenvalue weighted by Crippen LogP contribution is -2.30. The number of aliphatic carboxylic acids is 1. The Morgan fingerprint density at radius 3 is 2.80 bits per heavy atom. The van der Waals surface area contributed by atoms with Gasteiger partial charge in [-0.25, -0.2) is 4.79 Å². The molecule has 0 bridgehead atoms. The first-order valence-electron chi connectivity index (χ1n) is 9.38. The molecule has 0 radical (unpaired) electrons. The highest BCUT2D eigenvalue weighted by Gasteiger charge is 2.44. The normalized spacial score (nSPS) is 26.6. The molecule has 4 atom stereocenters. The van der Waals surface area contributed by atoms with Crippen LogP contribution < -0.4 is 5.48 Å². The molecule has 2 aliphatic rings. The summed E-state index contributed by atoms with van der Waals surface area (Å²) in [6.45, 7) is 1.80. The van der Waals surface area contributed by atoms with Gasteiger partial charge in [0.2, 0.25) is 0 Å². The number of carboxylic acids is 1. The molecule has 0 aromatic rings. The molecule has 142 valence electrons. The third kappa shape index (κ3) is 5.83. The Hall–Kier alpha value is -1.37. The van der Waals surface area contributed by atoms with E-state index in [0.717, 1.165) is 37.0 Å². The minimum absolute atomic E-state index is 0.0229. The van der Waals surface area contributed by atoms with E-state index in [4.69, 9.17) is 9.94 Å². The maximum absolute atomic E-state index is 10.4. The zero-order valence-corrected chi connectivity index (χ0v) is 15.0. The monoisotopic (exact) mass is 353 g/mol. The third-order valence-corrected chi connectivity index (χ3v) is 5.15. The molecular weight excluding hydrogens is 322 g/mol. The molecule has 1 saturated carbocycles. The number of aliphatic hydroxyl groups excluding tert-OH is 2. The first kappa shape index (κ1) is 19.9. The largest absolute Gasteiger partial charge is 0.479 e. The second-order valence-electron chi connectivity index (χ2n) is 7.10. The Labute approximate surface area is 149 Å². The topological polar surface area (TPSA) is 99.0 Å². The van der Waals surface area contributed by atoms with E-state index in [1.165, 1.54) is 19.3 Å². The fourth-order valence-corrected chi connectivity index (χ4v) is 3.70. The number of unbranched alkanes of at least 4 members (excludes halogenated alkanes) is 4. The van der Waals surface area contributed by atoms with E-state index in [9.17, 15) is 15.0 Å². The van der Waals surface area contributed by atoms with Crippen molar-refractivity contribution < 1.29 is 25.0 Å². The van der Waals surface area contributed by atoms with Gasteiger partial charge in [0.15, 0.2) is 6.61 Å². The molecule has 2 rings (SSSR count). The Morgan fingerprint density at radius 2 is 2.08 bits per heavy atom. The van der Waals surface area contributed by atoms with Gasteiger partial charge in [0.25, 0.3) is 0 Å². The van der Waals surface area contributed by atoms with Crippen molar-refractivity contribution in [3.05, 3.63) is 23.4 Å². The van der Waals surface area contributed by atoms with Crippen LogP contribution in [0.25, 0.3) is 0 Å². The Kier molecular flexibility index (Phi) is 7.93. The molecule has 0 heterocycles. The molecule has 0 aliphatic heterocycles. The number of fused-ring (bicyclic) bond motifs is 1. The second-order valence-corrected chi connectivity index (χ2v) is 7.10. The Morgan fingerprint density at radius 1 is 1.32 bits per heavy atom. The molecule has 0 spiro atoms. The molecule has 6 heteroatoms. The molecule has 25 heavy (non-hydrogen) atoms. The Bertz CT molecular complexity index is 502. The molecule has 0 aromatic carbocycles. The van der Waals surface area contributed by atoms with Crippen molar-refractivity contribution in [2.45, 2.75) is 70.5 Å². The highest BCUT2D eigenvalue weighted by atomic mass is 16.7. The summed E-state index contributed by atoms with van der Waals surface area (Å²) in [4.78, 5) is 15.3. The van der Waals surface area contributed by atoms with Crippen LogP contribution in [0.3, 0.4) is 0 Å². The van der Waals surface area contributed by atoms with Crippen molar-refractivity contribution >= 4 is 5.97 Å². The van der Waals surface area contributed by atoms with Crippen LogP contribution in [0.2, 0.25) is 0 Å². The van der Waals surface area contributed by atoms with Gasteiger partial charge in [-0.3, -0.25) is 10.3 Å². The average Bonchev–Trinajstić information content (AvgIpc) is 2.80. The quantitative estimate of drug-likeness (QED) is 0.244. The van der Waals surface area contributed by atoms with E-state index in [0.29, 0.717) is 6.42 Å². The molecule has 4 N–H and O–H groups in total. The number of aliphatic hydroxyl groups is 2. The maximum atomic E-state index is 10.4. The number of nitrogens with one attached hydrogen (secondary N) is 1. The first-order valence-corrected chi connectivity index (χ1v) is 9.38. The fraction of sp³-hybridized carbons (Fsp3) is 0.737. The number of hydroxylamine groups is 1. The van der Waals surface area contributed by atoms with Crippen molar-refractivity contribution in [3.63, 3.8) is 0 Å². The number of allylic oxidation sites excluding steroid dienone is 1. The summed E-state index contributed by atoms with van der Waals surface area (Å²) in [6, 6.07) is 0. The highest BCUT2D eigenvalue weighted by molar-refractivity contribution is 5.67. The van der Waals surface area contributed by atoms with Crippen LogP contribution in [0.15, 0.2) is 23.4 Å². The lowest BCUT2D eigenvalue weighted by molar-refractivity contribution is -0.144. The highest BCUT2D eigenvalue weighted by Crippen LogP contribution is 2.49. The second kappa shape index (κ2) is 9.94. The molecule has 2 aliphatic carbocycles. The van der Waals surface area contributed by atoms with E-state index in [2.05, 4.69) is 12.4 Å². The zero-order valence-electron chi connectivity index (χ0n) is 15.0. The van der Waals surface area contributed by atoms with Crippen LogP contribution in [-0.2, 0) is 9.63 Å². The lowest BCUT2D eigenvalue weighted by atomic mass is 9.79. The van der Waals surface area contributed by atoms with Gasteiger partial charge in [-0.05, 0) is 30.8 Å². The van der Waals surface area contributed by atoms with Gasteiger partial charge in [0, 0.05) is 11.6 Å². The number of hydrogen-bond acceptors (Lipinski definition) is 5. The maximum Gasteiger partial charge on any atom is 0.332 e. The first-order chi connectivity index (χ1) is 12.0. The third-order valence-electron chi connectivity index (χ3n) is 5.15. The standard InChI is InChI=1S/C19H31NO5/c1-2-3-4-5-6-7-13(21)8-9-14-15-10-17(16(15)11-18(14)22)20-25-12-19(23)24/h8-9,13-15,18,20-22H,2-7,10-12H2,1H3,(H,23,24)/t13?,14?,15-,18?/m0/s1. The molecule has 1 fully saturated rings. The molecule has 6 nitrogen and oxygen atoms in total. The summed E-state index contributed by atoms with van der Waals surface area (Å²) in [6.07, 6.45) is 10.9. The van der Waals surface area contributed by atoms with E-state index >= 15 is 0 Å². The average molecular weight is 353 g/mol. The van der Waals surface area contributed by atoms with Crippen LogP contribution >= 0.6 is 0 Å². The zero-order chi connectivity index (χ0) is 18.2. The van der Waals surface area contributed by atoms with Gasteiger partial charge in [0.05, 0.1) is 12.2 Å². The van der Waals surface area contributed by atoms with Gasteiger partial charge in [-0.2, -0.15) is 0 Å². The van der Waals surface area contributed by atoms with E-state index < -0.39 is 24.8 Å². The summed E-state index contributed by atoms with van der Waals surface area (Å²) in [5, 5.41) is 28.9. The summed E-state index contributed by atoms with van der Waals surface area (Å²) < 4.78 is 0. The fourth-order valence-electron chi connectivity index (χ4n) is 3.70. The molecular formula is C19H31NO5. The smallest absolute Gasteiger partial charge is 0.332 e. The number of carbonyl (C=O) groups is 1. The van der Waals surface area contributed by atoms with Crippen molar-refractivity contribution in [1.82, 2.24) is 5.48 Å². The van der Waals surface area contributed by atoms with Gasteiger partial charge >= 0.3 is 5.97 Å². The lowest BCUT2D eigenvalue weighted by Gasteiger charge is -2.31. The van der Waals surface area contributed by atoms with Gasteiger partial charge in [0.1, 0.15) is 0 Å². The summed E-state index contributed by atoms with van der Waals surface area (Å²) in [7, 11) is 0. The molecule has 0 amide bonds. The SMILES string of the molecule is CCCCCCCC(O)C=CC1C(O)CC2=C(NOCC(=O)O)C[C@H]21. The predicted octanol–water partition coefficient (Wildman–Crippen LogP) is 2.52. The van der Waals surface area contributed by atoms with Crippen LogP contribution in [0, 0.1) is 11.8 Å². The summed E-state index contributed by atoms with van der Waals surface area (Å²) >= 11 is 0. The van der Waals surface area contributed by atoms with Crippen molar-refractivity contribution in [3.8, 4) is 0 Å². The van der Waals surface area contributed by atoms with E-state index in [1.807, 2.05) is 12.2 Å². The Balaban J connectivity index is 1.74. The van der Waals surface area contributed by atoms with Gasteiger partial charge < -0.3 is 15.3 Å². The summed E-state index contributed by atoms with van der Waals surface area (Å²) in [5.74, 6) is -0.737. The minimum Gasteiger partial charge on any atom is -0.479 e. The summed E-state index contributed by atoms with van der Waals surface area (Å²) in [5.41, 5.74) is 4.69. The predicted molar refractivity (Wildman–Crippen MR) is 94.5 cm³/mol. The van der Waals surface area contributed by atoms with Crippen LogP contribution in [0.1, 0.15) is 58.3 Å². The number of carboxylic acid groups (broad SMARTS) is 1. The van der Waals surface area contributed by atoms with Crippen molar-refractivity contribution in [2.24, 2.45) is 11.8 Å². The van der Waals surface area contributed by atoms with Crippen LogP contribution in [-0.4, -0.2) is 40.1 Å². The van der Waals surface area contributed by atoms with Crippen molar-refractivity contribution in [2.75, 3.05) is 6.61 Å². The molecule has 0 aromatic heterocycles. The molecule has 3 unspecified atom stereocenters. The van der Waals surface area contributed by atoms with E-state index in [-0.39, 0.29) is 11.8 Å². The van der Waals surface area contributed by atoms with Gasteiger partial charge in [-0.1, -0.05) is 51.2 Å². The molecule has 0 saturated heterocycles.